The van der Waals surface area contributed by atoms with Crippen LogP contribution in [0.15, 0.2) is 35.7 Å². The number of carbonyl (C=O) groups is 2. The van der Waals surface area contributed by atoms with Crippen LogP contribution in [-0.2, 0) is 25.7 Å². The van der Waals surface area contributed by atoms with Gasteiger partial charge in [-0.05, 0) is 37.6 Å². The average Bonchev–Trinajstić information content (AvgIpc) is 3.16. The van der Waals surface area contributed by atoms with Gasteiger partial charge in [-0.15, -0.1) is 11.3 Å². The number of methoxy groups -OCH3 is 1. The number of aromatic nitrogens is 1. The number of carbonyl (C=O) groups excluding carboxylic acids is 2. The minimum atomic E-state index is -0.790. The van der Waals surface area contributed by atoms with E-state index in [0.717, 1.165) is 22.0 Å². The van der Waals surface area contributed by atoms with Gasteiger partial charge in [-0.2, -0.15) is 0 Å². The van der Waals surface area contributed by atoms with E-state index in [1.54, 1.807) is 24.5 Å². The molecule has 0 saturated heterocycles. The molecule has 0 aliphatic carbocycles. The third kappa shape index (κ3) is 6.99. The van der Waals surface area contributed by atoms with Crippen LogP contribution < -0.4 is 4.74 Å². The first-order valence-electron chi connectivity index (χ1n) is 9.19. The average molecular weight is 419 g/mol. The Morgan fingerprint density at radius 2 is 2.00 bits per heavy atom. The van der Waals surface area contributed by atoms with Gasteiger partial charge in [0.2, 0.25) is 5.91 Å². The van der Waals surface area contributed by atoms with Crippen LogP contribution in [0, 0.1) is 6.92 Å². The van der Waals surface area contributed by atoms with Gasteiger partial charge in [-0.1, -0.05) is 12.1 Å². The van der Waals surface area contributed by atoms with E-state index < -0.39 is 12.0 Å². The quantitative estimate of drug-likeness (QED) is 0.436. The molecule has 2 aromatic rings. The van der Waals surface area contributed by atoms with Crippen molar-refractivity contribution in [3.05, 3.63) is 52.0 Å². The smallest absolute Gasteiger partial charge is 0.331 e. The van der Waals surface area contributed by atoms with Crippen LogP contribution in [0.1, 0.15) is 23.2 Å². The van der Waals surface area contributed by atoms with E-state index in [9.17, 15) is 9.59 Å². The van der Waals surface area contributed by atoms with Crippen LogP contribution in [-0.4, -0.2) is 55.2 Å². The molecular weight excluding hydrogens is 392 g/mol. The van der Waals surface area contributed by atoms with Crippen molar-refractivity contribution in [3.63, 3.8) is 0 Å². The molecule has 1 aromatic heterocycles. The third-order valence-electron chi connectivity index (χ3n) is 4.12. The van der Waals surface area contributed by atoms with Gasteiger partial charge in [-0.25, -0.2) is 9.78 Å². The molecule has 29 heavy (non-hydrogen) atoms. The van der Waals surface area contributed by atoms with Crippen molar-refractivity contribution in [2.75, 3.05) is 27.4 Å². The van der Waals surface area contributed by atoms with E-state index in [1.165, 1.54) is 18.1 Å². The van der Waals surface area contributed by atoms with Gasteiger partial charge in [0, 0.05) is 25.1 Å². The molecule has 0 fully saturated rings. The molecule has 0 bridgehead atoms. The van der Waals surface area contributed by atoms with Crippen LogP contribution in [0.2, 0.25) is 0 Å². The lowest BCUT2D eigenvalue weighted by atomic mass is 10.2. The normalized spacial score (nSPS) is 12.0. The second-order valence-corrected chi connectivity index (χ2v) is 7.26. The number of ether oxygens (including phenoxy) is 3. The minimum absolute atomic E-state index is 0.0871. The zero-order valence-electron chi connectivity index (χ0n) is 17.1. The van der Waals surface area contributed by atoms with Gasteiger partial charge in [0.05, 0.1) is 24.4 Å². The van der Waals surface area contributed by atoms with Crippen molar-refractivity contribution in [2.45, 2.75) is 26.5 Å². The maximum atomic E-state index is 12.4. The summed E-state index contributed by atoms with van der Waals surface area (Å²) in [6, 6.07) is 6.58. The topological polar surface area (TPSA) is 78.0 Å². The molecule has 0 N–H and O–H groups in total. The Balaban J connectivity index is 1.93. The molecule has 1 atom stereocenters. The fourth-order valence-electron chi connectivity index (χ4n) is 2.45. The van der Waals surface area contributed by atoms with Crippen molar-refractivity contribution >= 4 is 29.3 Å². The number of rotatable bonds is 10. The molecule has 2 rings (SSSR count). The first-order valence-corrected chi connectivity index (χ1v) is 10.1. The number of benzene rings is 1. The molecule has 7 nitrogen and oxygen atoms in total. The highest BCUT2D eigenvalue weighted by molar-refractivity contribution is 7.09. The molecule has 0 aliphatic rings. The summed E-state index contributed by atoms with van der Waals surface area (Å²) in [5, 5.41) is 2.98. The van der Waals surface area contributed by atoms with Crippen molar-refractivity contribution in [3.8, 4) is 5.75 Å². The first kappa shape index (κ1) is 22.6. The maximum Gasteiger partial charge on any atom is 0.331 e. The largest absolute Gasteiger partial charge is 0.487 e. The van der Waals surface area contributed by atoms with Gasteiger partial charge in [-0.3, -0.25) is 4.79 Å². The molecule has 0 saturated carbocycles. The van der Waals surface area contributed by atoms with Crippen molar-refractivity contribution < 1.29 is 23.8 Å². The lowest BCUT2D eigenvalue weighted by molar-refractivity contribution is -0.152. The number of likely N-dealkylation sites (N-methyl/N-ethyl adjacent to an activating group) is 1. The Morgan fingerprint density at radius 3 is 2.59 bits per heavy atom. The lowest BCUT2D eigenvalue weighted by Gasteiger charge is -2.24. The summed E-state index contributed by atoms with van der Waals surface area (Å²) in [5.74, 6) is -0.113. The van der Waals surface area contributed by atoms with Crippen LogP contribution in [0.5, 0.6) is 5.75 Å². The molecule has 1 aromatic carbocycles. The van der Waals surface area contributed by atoms with Gasteiger partial charge < -0.3 is 19.1 Å². The predicted molar refractivity (Wildman–Crippen MR) is 112 cm³/mol. The van der Waals surface area contributed by atoms with Gasteiger partial charge >= 0.3 is 5.97 Å². The Kier molecular flexibility index (Phi) is 8.82. The second kappa shape index (κ2) is 11.3. The summed E-state index contributed by atoms with van der Waals surface area (Å²) in [5.41, 5.74) is 1.74. The number of hydrogen-bond acceptors (Lipinski definition) is 7. The van der Waals surface area contributed by atoms with Crippen molar-refractivity contribution in [1.82, 2.24) is 9.88 Å². The lowest BCUT2D eigenvalue weighted by Crippen LogP contribution is -2.45. The summed E-state index contributed by atoms with van der Waals surface area (Å²) < 4.78 is 15.8. The Labute approximate surface area is 174 Å². The molecule has 0 aliphatic heterocycles. The SMILES string of the molecule is CCOCC(C(=O)OC)N(C)C(=O)/C=C/c1ccc(OCc2csc(C)n2)cc1. The van der Waals surface area contributed by atoms with E-state index in [0.29, 0.717) is 13.2 Å². The van der Waals surface area contributed by atoms with Gasteiger partial charge in [0.1, 0.15) is 12.4 Å². The molecule has 1 amide bonds. The molecule has 1 unspecified atom stereocenters. The predicted octanol–water partition coefficient (Wildman–Crippen LogP) is 3.08. The minimum Gasteiger partial charge on any atom is -0.487 e. The summed E-state index contributed by atoms with van der Waals surface area (Å²) in [4.78, 5) is 30.0. The van der Waals surface area contributed by atoms with E-state index in [-0.39, 0.29) is 12.5 Å². The zero-order valence-corrected chi connectivity index (χ0v) is 17.9. The van der Waals surface area contributed by atoms with E-state index >= 15 is 0 Å². The summed E-state index contributed by atoms with van der Waals surface area (Å²) in [7, 11) is 2.83. The second-order valence-electron chi connectivity index (χ2n) is 6.20. The number of thiazole rings is 1. The number of aryl methyl sites for hydroxylation is 1. The van der Waals surface area contributed by atoms with Crippen LogP contribution in [0.25, 0.3) is 6.08 Å². The van der Waals surface area contributed by atoms with E-state index in [1.807, 2.05) is 43.5 Å². The molecule has 0 spiro atoms. The molecule has 0 radical (unpaired) electrons. The van der Waals surface area contributed by atoms with E-state index in [4.69, 9.17) is 14.2 Å². The van der Waals surface area contributed by atoms with Crippen LogP contribution in [0.4, 0.5) is 0 Å². The maximum absolute atomic E-state index is 12.4. The zero-order chi connectivity index (χ0) is 21.2. The molecular formula is C21H26N2O5S. The summed E-state index contributed by atoms with van der Waals surface area (Å²) in [6.07, 6.45) is 3.09. The van der Waals surface area contributed by atoms with Gasteiger partial charge in [0.15, 0.2) is 6.04 Å². The highest BCUT2D eigenvalue weighted by atomic mass is 32.1. The molecule has 156 valence electrons. The van der Waals surface area contributed by atoms with Crippen LogP contribution >= 0.6 is 11.3 Å². The number of hydrogen-bond donors (Lipinski definition) is 0. The monoisotopic (exact) mass is 418 g/mol. The fourth-order valence-corrected chi connectivity index (χ4v) is 3.05. The first-order chi connectivity index (χ1) is 13.9. The Morgan fingerprint density at radius 1 is 1.28 bits per heavy atom. The standard InChI is InChI=1S/C21H26N2O5S/c1-5-27-13-19(21(25)26-4)23(3)20(24)11-8-16-6-9-18(10-7-16)28-12-17-14-29-15(2)22-17/h6-11,14,19H,5,12-13H2,1-4H3/b11-8+. The summed E-state index contributed by atoms with van der Waals surface area (Å²) in [6.45, 7) is 4.73. The van der Waals surface area contributed by atoms with Gasteiger partial charge in [0.25, 0.3) is 0 Å². The Bertz CT molecular complexity index is 832. The van der Waals surface area contributed by atoms with Crippen molar-refractivity contribution in [2.24, 2.45) is 0 Å². The highest BCUT2D eigenvalue weighted by Gasteiger charge is 2.26. The number of amides is 1. The Hall–Kier alpha value is -2.71. The number of nitrogens with zero attached hydrogens (tertiary/aromatic N) is 2. The van der Waals surface area contributed by atoms with E-state index in [2.05, 4.69) is 4.98 Å². The number of esters is 1. The summed E-state index contributed by atoms with van der Waals surface area (Å²) >= 11 is 1.59. The molecule has 8 heteroatoms. The fraction of sp³-hybridized carbons (Fsp3) is 0.381. The highest BCUT2D eigenvalue weighted by Crippen LogP contribution is 2.16. The molecule has 1 heterocycles. The van der Waals surface area contributed by atoms with Crippen molar-refractivity contribution in [1.29, 1.82) is 0 Å². The third-order valence-corrected chi connectivity index (χ3v) is 4.94. The van der Waals surface area contributed by atoms with Crippen LogP contribution in [0.3, 0.4) is 0 Å².